The van der Waals surface area contributed by atoms with Gasteiger partial charge in [-0.1, -0.05) is 27.7 Å². The van der Waals surface area contributed by atoms with Crippen molar-refractivity contribution in [1.82, 2.24) is 0 Å². The Bertz CT molecular complexity index is 292. The fourth-order valence-electron chi connectivity index (χ4n) is 0.938. The van der Waals surface area contributed by atoms with Crippen LogP contribution in [0.2, 0.25) is 0 Å². The quantitative estimate of drug-likeness (QED) is 0.519. The van der Waals surface area contributed by atoms with Crippen molar-refractivity contribution in [2.45, 2.75) is 47.1 Å². The highest BCUT2D eigenvalue weighted by Gasteiger charge is 2.11. The molecule has 0 aliphatic rings. The first kappa shape index (κ1) is 16.7. The molecule has 0 spiro atoms. The summed E-state index contributed by atoms with van der Waals surface area (Å²) in [4.78, 5) is 22.6. The number of carbonyl (C=O) groups is 2. The number of ether oxygens (including phenoxy) is 2. The Kier molecular flexibility index (Phi) is 8.08. The van der Waals surface area contributed by atoms with E-state index in [1.165, 1.54) is 0 Å². The van der Waals surface area contributed by atoms with Crippen LogP contribution in [0.25, 0.3) is 0 Å². The van der Waals surface area contributed by atoms with Gasteiger partial charge < -0.3 is 9.47 Å². The van der Waals surface area contributed by atoms with Gasteiger partial charge in [0.25, 0.3) is 0 Å². The van der Waals surface area contributed by atoms with Crippen LogP contribution in [0, 0.1) is 11.8 Å². The molecule has 4 heteroatoms. The third kappa shape index (κ3) is 8.79. The highest BCUT2D eigenvalue weighted by molar-refractivity contribution is 5.91. The van der Waals surface area contributed by atoms with Gasteiger partial charge in [0.15, 0.2) is 0 Å². The van der Waals surface area contributed by atoms with E-state index in [-0.39, 0.29) is 12.0 Å². The van der Waals surface area contributed by atoms with E-state index in [9.17, 15) is 9.59 Å². The predicted molar refractivity (Wildman–Crippen MR) is 69.9 cm³/mol. The second-order valence-corrected chi connectivity index (χ2v) is 5.07. The smallest absolute Gasteiger partial charge is 0.331 e. The third-order valence-corrected chi connectivity index (χ3v) is 2.54. The van der Waals surface area contributed by atoms with Crippen LogP contribution < -0.4 is 0 Å². The number of hydrogen-bond donors (Lipinski definition) is 0. The summed E-state index contributed by atoms with van der Waals surface area (Å²) in [5.74, 6) is -0.291. The fraction of sp³-hybridized carbons (Fsp3) is 0.714. The predicted octanol–water partition coefficient (Wildman–Crippen LogP) is 2.72. The van der Waals surface area contributed by atoms with Gasteiger partial charge in [-0.25, -0.2) is 9.59 Å². The number of esters is 2. The first-order chi connectivity index (χ1) is 8.32. The second-order valence-electron chi connectivity index (χ2n) is 5.07. The van der Waals surface area contributed by atoms with E-state index >= 15 is 0 Å². The summed E-state index contributed by atoms with van der Waals surface area (Å²) >= 11 is 0. The molecule has 0 saturated heterocycles. The Morgan fingerprint density at radius 2 is 1.56 bits per heavy atom. The molecule has 0 fully saturated rings. The van der Waals surface area contributed by atoms with E-state index in [1.807, 2.05) is 34.6 Å². The molecule has 4 nitrogen and oxygen atoms in total. The number of carbonyl (C=O) groups excluding carboxylic acids is 2. The van der Waals surface area contributed by atoms with E-state index in [1.54, 1.807) is 0 Å². The molecule has 0 aromatic carbocycles. The maximum Gasteiger partial charge on any atom is 0.331 e. The van der Waals surface area contributed by atoms with Crippen molar-refractivity contribution < 1.29 is 19.1 Å². The van der Waals surface area contributed by atoms with Gasteiger partial charge in [0.05, 0.1) is 6.61 Å². The van der Waals surface area contributed by atoms with Crippen molar-refractivity contribution in [3.63, 3.8) is 0 Å². The van der Waals surface area contributed by atoms with Gasteiger partial charge in [-0.2, -0.15) is 0 Å². The second kappa shape index (κ2) is 8.72. The molecule has 104 valence electrons. The Hall–Kier alpha value is -1.32. The van der Waals surface area contributed by atoms with Gasteiger partial charge in [0.2, 0.25) is 0 Å². The Morgan fingerprint density at radius 3 is 2.06 bits per heavy atom. The van der Waals surface area contributed by atoms with Crippen molar-refractivity contribution in [3.8, 4) is 0 Å². The molecular formula is C14H24O4. The summed E-state index contributed by atoms with van der Waals surface area (Å²) in [6.07, 6.45) is 2.86. The maximum absolute atomic E-state index is 11.3. The molecule has 0 heterocycles. The van der Waals surface area contributed by atoms with E-state index in [2.05, 4.69) is 0 Å². The summed E-state index contributed by atoms with van der Waals surface area (Å²) < 4.78 is 9.99. The van der Waals surface area contributed by atoms with Crippen molar-refractivity contribution in [2.24, 2.45) is 11.8 Å². The Labute approximate surface area is 109 Å². The summed E-state index contributed by atoms with van der Waals surface area (Å²) in [6.45, 7) is 10.2. The minimum absolute atomic E-state index is 0.167. The van der Waals surface area contributed by atoms with Gasteiger partial charge in [-0.3, -0.25) is 0 Å². The molecular weight excluding hydrogens is 232 g/mol. The normalized spacial score (nSPS) is 13.1. The van der Waals surface area contributed by atoms with Crippen LogP contribution in [0.4, 0.5) is 0 Å². The van der Waals surface area contributed by atoms with Gasteiger partial charge in [-0.15, -0.1) is 0 Å². The lowest BCUT2D eigenvalue weighted by molar-refractivity contribution is -0.145. The van der Waals surface area contributed by atoms with Crippen molar-refractivity contribution in [3.05, 3.63) is 12.2 Å². The van der Waals surface area contributed by atoms with E-state index in [4.69, 9.17) is 9.47 Å². The zero-order valence-corrected chi connectivity index (χ0v) is 11.9. The topological polar surface area (TPSA) is 52.6 Å². The zero-order valence-electron chi connectivity index (χ0n) is 11.9. The van der Waals surface area contributed by atoms with Crippen LogP contribution in [0.1, 0.15) is 41.0 Å². The van der Waals surface area contributed by atoms with E-state index < -0.39 is 11.9 Å². The van der Waals surface area contributed by atoms with Crippen molar-refractivity contribution in [2.75, 3.05) is 6.61 Å². The van der Waals surface area contributed by atoms with Crippen LogP contribution in [-0.4, -0.2) is 24.6 Å². The zero-order chi connectivity index (χ0) is 14.1. The SMILES string of the molecule is CC(C)CCOC(=O)/C=C/C(=O)OC(C)C(C)C. The van der Waals surface area contributed by atoms with E-state index in [0.717, 1.165) is 18.6 Å². The lowest BCUT2D eigenvalue weighted by Gasteiger charge is -2.14. The van der Waals surface area contributed by atoms with E-state index in [0.29, 0.717) is 12.5 Å². The van der Waals surface area contributed by atoms with Gasteiger partial charge in [-0.05, 0) is 25.2 Å². The highest BCUT2D eigenvalue weighted by atomic mass is 16.5. The lowest BCUT2D eigenvalue weighted by Crippen LogP contribution is -2.19. The van der Waals surface area contributed by atoms with Crippen LogP contribution in [-0.2, 0) is 19.1 Å². The molecule has 0 N–H and O–H groups in total. The molecule has 0 amide bonds. The fourth-order valence-corrected chi connectivity index (χ4v) is 0.938. The number of rotatable bonds is 7. The molecule has 0 aromatic rings. The molecule has 0 aliphatic heterocycles. The summed E-state index contributed by atoms with van der Waals surface area (Å²) in [5.41, 5.74) is 0. The molecule has 1 atom stereocenters. The molecule has 0 rings (SSSR count). The molecule has 1 unspecified atom stereocenters. The van der Waals surface area contributed by atoms with Crippen LogP contribution >= 0.6 is 0 Å². The Morgan fingerprint density at radius 1 is 1.00 bits per heavy atom. The van der Waals surface area contributed by atoms with Crippen LogP contribution in [0.15, 0.2) is 12.2 Å². The molecule has 0 saturated carbocycles. The lowest BCUT2D eigenvalue weighted by atomic mass is 10.1. The summed E-state index contributed by atoms with van der Waals surface area (Å²) in [6, 6.07) is 0. The Balaban J connectivity index is 3.92. The molecule has 0 aromatic heterocycles. The average Bonchev–Trinajstić information content (AvgIpc) is 2.25. The molecule has 18 heavy (non-hydrogen) atoms. The molecule has 0 bridgehead atoms. The monoisotopic (exact) mass is 256 g/mol. The average molecular weight is 256 g/mol. The first-order valence-corrected chi connectivity index (χ1v) is 6.38. The van der Waals surface area contributed by atoms with Gasteiger partial charge in [0.1, 0.15) is 6.10 Å². The molecule has 0 radical (unpaired) electrons. The van der Waals surface area contributed by atoms with Crippen LogP contribution in [0.3, 0.4) is 0 Å². The van der Waals surface area contributed by atoms with Crippen molar-refractivity contribution >= 4 is 11.9 Å². The number of hydrogen-bond acceptors (Lipinski definition) is 4. The summed E-state index contributed by atoms with van der Waals surface area (Å²) in [5, 5.41) is 0. The minimum atomic E-state index is -0.517. The van der Waals surface area contributed by atoms with Gasteiger partial charge in [0, 0.05) is 12.2 Å². The highest BCUT2D eigenvalue weighted by Crippen LogP contribution is 2.05. The third-order valence-electron chi connectivity index (χ3n) is 2.54. The standard InChI is InChI=1S/C14H24O4/c1-10(2)8-9-17-13(15)6-7-14(16)18-12(5)11(3)4/h6-7,10-12H,8-9H2,1-5H3/b7-6+. The maximum atomic E-state index is 11.3. The van der Waals surface area contributed by atoms with Gasteiger partial charge >= 0.3 is 11.9 Å². The molecule has 0 aliphatic carbocycles. The van der Waals surface area contributed by atoms with Crippen molar-refractivity contribution in [1.29, 1.82) is 0 Å². The summed E-state index contributed by atoms with van der Waals surface area (Å²) in [7, 11) is 0. The van der Waals surface area contributed by atoms with Crippen LogP contribution in [0.5, 0.6) is 0 Å². The largest absolute Gasteiger partial charge is 0.463 e. The first-order valence-electron chi connectivity index (χ1n) is 6.38. The minimum Gasteiger partial charge on any atom is -0.463 e.